The first-order valence-electron chi connectivity index (χ1n) is 12.3. The highest BCUT2D eigenvalue weighted by Crippen LogP contribution is 2.30. The van der Waals surface area contributed by atoms with Gasteiger partial charge in [-0.15, -0.1) is 0 Å². The molecule has 38 heavy (non-hydrogen) atoms. The van der Waals surface area contributed by atoms with Crippen molar-refractivity contribution in [2.75, 3.05) is 19.7 Å². The number of sulfonamides is 1. The number of alkyl halides is 3. The number of carbonyl (C=O) groups is 1. The van der Waals surface area contributed by atoms with E-state index in [2.05, 4.69) is 17.4 Å². The predicted molar refractivity (Wildman–Crippen MR) is 139 cm³/mol. The van der Waals surface area contributed by atoms with E-state index in [4.69, 9.17) is 4.74 Å². The monoisotopic (exact) mass is 548 g/mol. The van der Waals surface area contributed by atoms with E-state index >= 15 is 0 Å². The van der Waals surface area contributed by atoms with Crippen LogP contribution < -0.4 is 14.8 Å². The molecule has 2 N–H and O–H groups in total. The van der Waals surface area contributed by atoms with Crippen LogP contribution in [0.25, 0.3) is 0 Å². The lowest BCUT2D eigenvalue weighted by atomic mass is 10.1. The van der Waals surface area contributed by atoms with Crippen LogP contribution in [-0.4, -0.2) is 34.0 Å². The maximum absolute atomic E-state index is 12.8. The van der Waals surface area contributed by atoms with Crippen LogP contribution in [0.4, 0.5) is 13.2 Å². The Labute approximate surface area is 221 Å². The fraction of sp³-hybridized carbons (Fsp3) is 0.321. The minimum absolute atomic E-state index is 0.130. The van der Waals surface area contributed by atoms with Crippen molar-refractivity contribution >= 4 is 15.9 Å². The molecule has 0 aliphatic heterocycles. The van der Waals surface area contributed by atoms with Gasteiger partial charge in [0.25, 0.3) is 10.0 Å². The minimum atomic E-state index is -4.68. The Balaban J connectivity index is 1.29. The Morgan fingerprint density at radius 2 is 1.50 bits per heavy atom. The van der Waals surface area contributed by atoms with Crippen LogP contribution in [0.15, 0.2) is 83.8 Å². The van der Waals surface area contributed by atoms with Crippen molar-refractivity contribution in [3.05, 3.63) is 95.6 Å². The first-order chi connectivity index (χ1) is 18.1. The molecule has 0 aliphatic rings. The lowest BCUT2D eigenvalue weighted by Gasteiger charge is -2.11. The topological polar surface area (TPSA) is 84.5 Å². The molecule has 6 nitrogen and oxygen atoms in total. The van der Waals surface area contributed by atoms with Crippen LogP contribution in [0.2, 0.25) is 0 Å². The van der Waals surface area contributed by atoms with E-state index in [0.717, 1.165) is 55.2 Å². The van der Waals surface area contributed by atoms with Gasteiger partial charge in [0, 0.05) is 13.0 Å². The number of carbonyl (C=O) groups excluding carboxylic acids is 1. The van der Waals surface area contributed by atoms with Crippen molar-refractivity contribution in [2.24, 2.45) is 0 Å². The summed E-state index contributed by atoms with van der Waals surface area (Å²) in [5, 5.41) is 3.07. The highest BCUT2D eigenvalue weighted by Gasteiger charge is 2.31. The highest BCUT2D eigenvalue weighted by atomic mass is 32.2. The molecule has 0 aromatic heterocycles. The zero-order valence-corrected chi connectivity index (χ0v) is 21.7. The fourth-order valence-electron chi connectivity index (χ4n) is 3.71. The molecular formula is C28H31F3N2O4S. The Kier molecular flexibility index (Phi) is 10.7. The summed E-state index contributed by atoms with van der Waals surface area (Å²) < 4.78 is 70.6. The van der Waals surface area contributed by atoms with Gasteiger partial charge in [0.1, 0.15) is 5.75 Å². The van der Waals surface area contributed by atoms with Gasteiger partial charge in [0.05, 0.1) is 17.1 Å². The zero-order chi connectivity index (χ0) is 27.4. The molecule has 0 atom stereocenters. The summed E-state index contributed by atoms with van der Waals surface area (Å²) in [7, 11) is -4.39. The van der Waals surface area contributed by atoms with E-state index in [1.54, 1.807) is 0 Å². The summed E-state index contributed by atoms with van der Waals surface area (Å²) >= 11 is 0. The van der Waals surface area contributed by atoms with Crippen LogP contribution in [0.1, 0.15) is 36.0 Å². The lowest BCUT2D eigenvalue weighted by Crippen LogP contribution is -2.33. The maximum atomic E-state index is 12.8. The van der Waals surface area contributed by atoms with Gasteiger partial charge in [-0.2, -0.15) is 13.2 Å². The van der Waals surface area contributed by atoms with Crippen molar-refractivity contribution < 1.29 is 31.1 Å². The number of aryl methyl sites for hydroxylation is 2. The normalized spacial score (nSPS) is 11.8. The molecule has 3 rings (SSSR count). The zero-order valence-electron chi connectivity index (χ0n) is 20.8. The van der Waals surface area contributed by atoms with E-state index in [-0.39, 0.29) is 13.0 Å². The molecule has 0 aliphatic carbocycles. The van der Waals surface area contributed by atoms with Crippen molar-refractivity contribution in [3.63, 3.8) is 0 Å². The predicted octanol–water partition coefficient (Wildman–Crippen LogP) is 5.13. The molecule has 3 aromatic rings. The van der Waals surface area contributed by atoms with Gasteiger partial charge in [-0.3, -0.25) is 4.79 Å². The smallest absolute Gasteiger partial charge is 0.416 e. The van der Waals surface area contributed by atoms with Gasteiger partial charge < -0.3 is 10.1 Å². The van der Waals surface area contributed by atoms with Crippen LogP contribution in [0, 0.1) is 0 Å². The largest absolute Gasteiger partial charge is 0.494 e. The molecule has 0 radical (unpaired) electrons. The number of ether oxygens (including phenoxy) is 1. The summed E-state index contributed by atoms with van der Waals surface area (Å²) in [6, 6.07) is 21.4. The van der Waals surface area contributed by atoms with Gasteiger partial charge in [-0.05, 0) is 73.7 Å². The molecular weight excluding hydrogens is 517 g/mol. The van der Waals surface area contributed by atoms with Crippen molar-refractivity contribution in [1.29, 1.82) is 0 Å². The second kappa shape index (κ2) is 14.0. The van der Waals surface area contributed by atoms with Crippen LogP contribution in [-0.2, 0) is 33.8 Å². The number of hydrogen-bond donors (Lipinski definition) is 2. The number of nitrogens with one attached hydrogen (secondary N) is 2. The SMILES string of the molecule is O=C(CCNCCCc1ccc(OCCCc2ccccc2)cc1)NS(=O)(=O)c1cccc(C(F)(F)F)c1. The van der Waals surface area contributed by atoms with E-state index < -0.39 is 32.6 Å². The molecule has 0 fully saturated rings. The molecule has 0 spiro atoms. The van der Waals surface area contributed by atoms with E-state index in [0.29, 0.717) is 19.2 Å². The van der Waals surface area contributed by atoms with Crippen LogP contribution in [0.3, 0.4) is 0 Å². The summed E-state index contributed by atoms with van der Waals surface area (Å²) in [6.45, 7) is 1.50. The molecule has 0 heterocycles. The highest BCUT2D eigenvalue weighted by molar-refractivity contribution is 7.90. The third-order valence-corrected chi connectivity index (χ3v) is 7.08. The Bertz CT molecular complexity index is 1270. The summed E-state index contributed by atoms with van der Waals surface area (Å²) in [4.78, 5) is 11.4. The number of rotatable bonds is 14. The summed E-state index contributed by atoms with van der Waals surface area (Å²) in [5.74, 6) is 0.0281. The van der Waals surface area contributed by atoms with E-state index in [1.807, 2.05) is 47.2 Å². The quantitative estimate of drug-likeness (QED) is 0.273. The molecule has 0 bridgehead atoms. The molecule has 0 saturated heterocycles. The third-order valence-electron chi connectivity index (χ3n) is 5.71. The van der Waals surface area contributed by atoms with E-state index in [1.165, 1.54) is 5.56 Å². The molecule has 10 heteroatoms. The number of amides is 1. The summed E-state index contributed by atoms with van der Waals surface area (Å²) in [5.41, 5.74) is 1.34. The first kappa shape index (κ1) is 29.2. The average Bonchev–Trinajstić information content (AvgIpc) is 2.89. The molecule has 204 valence electrons. The minimum Gasteiger partial charge on any atom is -0.494 e. The molecule has 1 amide bonds. The van der Waals surface area contributed by atoms with E-state index in [9.17, 15) is 26.4 Å². The second-order valence-corrected chi connectivity index (χ2v) is 10.4. The maximum Gasteiger partial charge on any atom is 0.416 e. The Morgan fingerprint density at radius 3 is 2.21 bits per heavy atom. The third kappa shape index (κ3) is 9.83. The first-order valence-corrected chi connectivity index (χ1v) is 13.8. The van der Waals surface area contributed by atoms with Crippen molar-refractivity contribution in [2.45, 2.75) is 43.2 Å². The van der Waals surface area contributed by atoms with Gasteiger partial charge in [0.2, 0.25) is 5.91 Å². The van der Waals surface area contributed by atoms with Gasteiger partial charge in [-0.1, -0.05) is 48.5 Å². The van der Waals surface area contributed by atoms with Gasteiger partial charge in [-0.25, -0.2) is 13.1 Å². The number of hydrogen-bond acceptors (Lipinski definition) is 5. The second-order valence-electron chi connectivity index (χ2n) is 8.74. The summed E-state index contributed by atoms with van der Waals surface area (Å²) in [6.07, 6.45) is -1.28. The average molecular weight is 549 g/mol. The molecule has 3 aromatic carbocycles. The Hall–Kier alpha value is -3.37. The van der Waals surface area contributed by atoms with Crippen LogP contribution >= 0.6 is 0 Å². The lowest BCUT2D eigenvalue weighted by molar-refractivity contribution is -0.137. The fourth-order valence-corrected chi connectivity index (χ4v) is 4.77. The number of benzene rings is 3. The van der Waals surface area contributed by atoms with Gasteiger partial charge in [0.15, 0.2) is 0 Å². The molecule has 0 saturated carbocycles. The van der Waals surface area contributed by atoms with Crippen LogP contribution in [0.5, 0.6) is 5.75 Å². The van der Waals surface area contributed by atoms with Crippen molar-refractivity contribution in [3.8, 4) is 5.75 Å². The van der Waals surface area contributed by atoms with Gasteiger partial charge >= 0.3 is 6.18 Å². The molecule has 0 unspecified atom stereocenters. The standard InChI is InChI=1S/C28H31F3N2O4S/c29-28(30,31)24-11-4-12-26(21-24)38(35,36)33-27(34)17-19-32-18-5-9-23-13-15-25(16-14-23)37-20-6-10-22-7-2-1-3-8-22/h1-4,7-8,11-16,21,32H,5-6,9-10,17-20H2,(H,33,34). The van der Waals surface area contributed by atoms with Crippen molar-refractivity contribution in [1.82, 2.24) is 10.0 Å². The Morgan fingerprint density at radius 1 is 0.816 bits per heavy atom. The number of halogens is 3.